The molecule has 1 rings (SSSR count). The van der Waals surface area contributed by atoms with Gasteiger partial charge in [-0.15, -0.1) is 11.6 Å². The maximum Gasteiger partial charge on any atom is 0.324 e. The standard InChI is InChI=1S/C12H13BrClFO2/c1-3-17-12(16)10(14)5-8-6-11(15)9(13)4-7(8)2/h4,6,10H,3,5H2,1-2H3. The Labute approximate surface area is 113 Å². The summed E-state index contributed by atoms with van der Waals surface area (Å²) in [5.74, 6) is -0.838. The molecule has 0 aliphatic rings. The molecule has 0 amide bonds. The molecule has 1 aromatic carbocycles. The Morgan fingerprint density at radius 2 is 2.24 bits per heavy atom. The van der Waals surface area contributed by atoms with Crippen LogP contribution in [0.2, 0.25) is 0 Å². The first-order valence-electron chi connectivity index (χ1n) is 5.21. The second-order valence-corrected chi connectivity index (χ2v) is 5.00. The lowest BCUT2D eigenvalue weighted by atomic mass is 10.0. The van der Waals surface area contributed by atoms with E-state index in [1.165, 1.54) is 6.07 Å². The molecule has 0 bridgehead atoms. The van der Waals surface area contributed by atoms with Crippen molar-refractivity contribution in [1.82, 2.24) is 0 Å². The summed E-state index contributed by atoms with van der Waals surface area (Å²) < 4.78 is 18.6. The van der Waals surface area contributed by atoms with Crippen LogP contribution in [0.15, 0.2) is 16.6 Å². The van der Waals surface area contributed by atoms with Crippen molar-refractivity contribution in [2.45, 2.75) is 25.6 Å². The molecule has 0 heterocycles. The molecule has 2 nitrogen and oxygen atoms in total. The lowest BCUT2D eigenvalue weighted by molar-refractivity contribution is -0.142. The van der Waals surface area contributed by atoms with Crippen LogP contribution in [0.3, 0.4) is 0 Å². The van der Waals surface area contributed by atoms with E-state index in [0.29, 0.717) is 10.0 Å². The van der Waals surface area contributed by atoms with Crippen LogP contribution in [0.5, 0.6) is 0 Å². The van der Waals surface area contributed by atoms with Crippen molar-refractivity contribution in [3.8, 4) is 0 Å². The molecule has 0 radical (unpaired) electrons. The van der Waals surface area contributed by atoms with Crippen LogP contribution >= 0.6 is 27.5 Å². The van der Waals surface area contributed by atoms with E-state index in [-0.39, 0.29) is 18.8 Å². The Kier molecular flexibility index (Phi) is 5.40. The fourth-order valence-electron chi connectivity index (χ4n) is 1.42. The Morgan fingerprint density at radius 3 is 2.82 bits per heavy atom. The molecule has 1 atom stereocenters. The molecular weight excluding hydrogens is 310 g/mol. The first-order valence-corrected chi connectivity index (χ1v) is 6.43. The number of benzene rings is 1. The van der Waals surface area contributed by atoms with Crippen LogP contribution in [0.1, 0.15) is 18.1 Å². The highest BCUT2D eigenvalue weighted by atomic mass is 79.9. The molecule has 0 fully saturated rings. The predicted molar refractivity (Wildman–Crippen MR) is 68.8 cm³/mol. The van der Waals surface area contributed by atoms with Crippen molar-refractivity contribution >= 4 is 33.5 Å². The Balaban J connectivity index is 2.81. The Bertz CT molecular complexity index is 423. The zero-order chi connectivity index (χ0) is 13.0. The monoisotopic (exact) mass is 322 g/mol. The summed E-state index contributed by atoms with van der Waals surface area (Å²) in [5, 5.41) is -0.783. The number of carbonyl (C=O) groups is 1. The number of rotatable bonds is 4. The number of hydrogen-bond acceptors (Lipinski definition) is 2. The smallest absolute Gasteiger partial charge is 0.324 e. The van der Waals surface area contributed by atoms with Crippen LogP contribution in [0.4, 0.5) is 4.39 Å². The van der Waals surface area contributed by atoms with Gasteiger partial charge in [-0.25, -0.2) is 4.39 Å². The number of hydrogen-bond donors (Lipinski definition) is 0. The summed E-state index contributed by atoms with van der Waals surface area (Å²) in [5.41, 5.74) is 1.59. The van der Waals surface area contributed by atoms with Gasteiger partial charge < -0.3 is 4.74 Å². The first kappa shape index (κ1) is 14.5. The molecule has 17 heavy (non-hydrogen) atoms. The van der Waals surface area contributed by atoms with Crippen molar-refractivity contribution in [1.29, 1.82) is 0 Å². The summed E-state index contributed by atoms with van der Waals surface area (Å²) in [4.78, 5) is 11.4. The van der Waals surface area contributed by atoms with Crippen LogP contribution in [0.25, 0.3) is 0 Å². The molecule has 5 heteroatoms. The summed E-state index contributed by atoms with van der Waals surface area (Å²) in [7, 11) is 0. The van der Waals surface area contributed by atoms with Gasteiger partial charge in [0.15, 0.2) is 0 Å². The van der Waals surface area contributed by atoms with Crippen molar-refractivity contribution in [3.05, 3.63) is 33.5 Å². The van der Waals surface area contributed by atoms with Crippen LogP contribution < -0.4 is 0 Å². The molecular formula is C12H13BrClFO2. The van der Waals surface area contributed by atoms with Gasteiger partial charge in [-0.05, 0) is 59.5 Å². The number of aryl methyl sites for hydroxylation is 1. The molecule has 1 unspecified atom stereocenters. The zero-order valence-corrected chi connectivity index (χ0v) is 11.9. The van der Waals surface area contributed by atoms with Crippen LogP contribution in [-0.2, 0) is 16.0 Å². The largest absolute Gasteiger partial charge is 0.465 e. The van der Waals surface area contributed by atoms with Crippen molar-refractivity contribution < 1.29 is 13.9 Å². The van der Waals surface area contributed by atoms with Crippen molar-refractivity contribution in [3.63, 3.8) is 0 Å². The van der Waals surface area contributed by atoms with Gasteiger partial charge in [0.1, 0.15) is 11.2 Å². The quantitative estimate of drug-likeness (QED) is 0.625. The van der Waals surface area contributed by atoms with Gasteiger partial charge in [0.2, 0.25) is 0 Å². The SMILES string of the molecule is CCOC(=O)C(Cl)Cc1cc(F)c(Br)cc1C. The zero-order valence-electron chi connectivity index (χ0n) is 9.60. The number of halogens is 3. The van der Waals surface area contributed by atoms with E-state index in [1.54, 1.807) is 13.0 Å². The number of ether oxygens (including phenoxy) is 1. The average Bonchev–Trinajstić information content (AvgIpc) is 2.26. The van der Waals surface area contributed by atoms with Crippen LogP contribution in [0, 0.1) is 12.7 Å². The van der Waals surface area contributed by atoms with E-state index in [4.69, 9.17) is 16.3 Å². The number of carbonyl (C=O) groups excluding carboxylic acids is 1. The highest BCUT2D eigenvalue weighted by Gasteiger charge is 2.18. The molecule has 0 saturated heterocycles. The second kappa shape index (κ2) is 6.36. The van der Waals surface area contributed by atoms with Gasteiger partial charge in [0.25, 0.3) is 0 Å². The van der Waals surface area contributed by atoms with E-state index >= 15 is 0 Å². The van der Waals surface area contributed by atoms with Gasteiger partial charge >= 0.3 is 5.97 Å². The highest BCUT2D eigenvalue weighted by Crippen LogP contribution is 2.22. The summed E-state index contributed by atoms with van der Waals surface area (Å²) in [6.45, 7) is 3.84. The molecule has 0 spiro atoms. The fourth-order valence-corrected chi connectivity index (χ4v) is 2.10. The topological polar surface area (TPSA) is 26.3 Å². The molecule has 1 aromatic rings. The molecule has 0 saturated carbocycles. The van der Waals surface area contributed by atoms with E-state index in [9.17, 15) is 9.18 Å². The van der Waals surface area contributed by atoms with E-state index in [0.717, 1.165) is 5.56 Å². The van der Waals surface area contributed by atoms with Crippen molar-refractivity contribution in [2.75, 3.05) is 6.61 Å². The Hall–Kier alpha value is -0.610. The maximum atomic E-state index is 13.4. The van der Waals surface area contributed by atoms with E-state index in [1.807, 2.05) is 6.92 Å². The summed E-state index contributed by atoms with van der Waals surface area (Å²) in [6, 6.07) is 3.05. The summed E-state index contributed by atoms with van der Waals surface area (Å²) >= 11 is 9.00. The number of alkyl halides is 1. The van der Waals surface area contributed by atoms with Gasteiger partial charge in [-0.1, -0.05) is 0 Å². The minimum atomic E-state index is -0.783. The third-order valence-electron chi connectivity index (χ3n) is 2.32. The van der Waals surface area contributed by atoms with Crippen LogP contribution in [-0.4, -0.2) is 18.0 Å². The van der Waals surface area contributed by atoms with E-state index in [2.05, 4.69) is 15.9 Å². The molecule has 0 aliphatic heterocycles. The Morgan fingerprint density at radius 1 is 1.59 bits per heavy atom. The maximum absolute atomic E-state index is 13.4. The summed E-state index contributed by atoms with van der Waals surface area (Å²) in [6.07, 6.45) is 0.260. The third kappa shape index (κ3) is 3.96. The number of esters is 1. The minimum Gasteiger partial charge on any atom is -0.465 e. The first-order chi connectivity index (χ1) is 7.95. The lowest BCUT2D eigenvalue weighted by Crippen LogP contribution is -2.20. The molecule has 0 aliphatic carbocycles. The van der Waals surface area contributed by atoms with Gasteiger partial charge in [0.05, 0.1) is 11.1 Å². The van der Waals surface area contributed by atoms with Gasteiger partial charge in [-0.2, -0.15) is 0 Å². The predicted octanol–water partition coefficient (Wildman–Crippen LogP) is 3.61. The fraction of sp³-hybridized carbons (Fsp3) is 0.417. The molecule has 0 N–H and O–H groups in total. The second-order valence-electron chi connectivity index (χ2n) is 3.62. The van der Waals surface area contributed by atoms with E-state index < -0.39 is 11.3 Å². The van der Waals surface area contributed by atoms with Gasteiger partial charge in [0, 0.05) is 0 Å². The third-order valence-corrected chi connectivity index (χ3v) is 3.26. The minimum absolute atomic E-state index is 0.260. The molecule has 0 aromatic heterocycles. The average molecular weight is 324 g/mol. The lowest BCUT2D eigenvalue weighted by Gasteiger charge is -2.11. The normalized spacial score (nSPS) is 12.3. The molecule has 94 valence electrons. The van der Waals surface area contributed by atoms with Gasteiger partial charge in [-0.3, -0.25) is 4.79 Å². The van der Waals surface area contributed by atoms with Crippen molar-refractivity contribution in [2.24, 2.45) is 0 Å². The highest BCUT2D eigenvalue weighted by molar-refractivity contribution is 9.10.